The SMILES string of the molecule is O=C1CC(c2c(F)cc(F)cc2F)N(Cc2ccccc2)C=C1Cl. The number of carbonyl (C=O) groups excluding carboxylic acids is 1. The van der Waals surface area contributed by atoms with Gasteiger partial charge in [0.25, 0.3) is 0 Å². The van der Waals surface area contributed by atoms with Gasteiger partial charge in [-0.3, -0.25) is 4.79 Å². The van der Waals surface area contributed by atoms with Crippen molar-refractivity contribution in [1.82, 2.24) is 4.90 Å². The molecule has 3 rings (SSSR count). The predicted molar refractivity (Wildman–Crippen MR) is 84.6 cm³/mol. The van der Waals surface area contributed by atoms with E-state index in [9.17, 15) is 18.0 Å². The fourth-order valence-electron chi connectivity index (χ4n) is 2.79. The first-order valence-electron chi connectivity index (χ1n) is 7.30. The van der Waals surface area contributed by atoms with E-state index in [4.69, 9.17) is 11.6 Å². The lowest BCUT2D eigenvalue weighted by molar-refractivity contribution is -0.117. The van der Waals surface area contributed by atoms with Gasteiger partial charge in [-0.1, -0.05) is 41.9 Å². The van der Waals surface area contributed by atoms with E-state index in [0.717, 1.165) is 5.56 Å². The molecule has 0 bridgehead atoms. The van der Waals surface area contributed by atoms with Gasteiger partial charge in [0.2, 0.25) is 0 Å². The number of allylic oxidation sites excluding steroid dienone is 1. The van der Waals surface area contributed by atoms with Crippen LogP contribution in [-0.4, -0.2) is 10.7 Å². The lowest BCUT2D eigenvalue weighted by atomic mass is 9.95. The van der Waals surface area contributed by atoms with E-state index in [2.05, 4.69) is 0 Å². The summed E-state index contributed by atoms with van der Waals surface area (Å²) >= 11 is 5.91. The summed E-state index contributed by atoms with van der Waals surface area (Å²) in [6.45, 7) is 0.311. The van der Waals surface area contributed by atoms with Gasteiger partial charge in [0.15, 0.2) is 5.78 Å². The van der Waals surface area contributed by atoms with Crippen molar-refractivity contribution in [3.05, 3.63) is 82.3 Å². The molecule has 1 atom stereocenters. The molecule has 124 valence electrons. The smallest absolute Gasteiger partial charge is 0.178 e. The zero-order valence-electron chi connectivity index (χ0n) is 12.5. The summed E-state index contributed by atoms with van der Waals surface area (Å²) < 4.78 is 41.5. The van der Waals surface area contributed by atoms with E-state index in [1.54, 1.807) is 4.90 Å². The molecule has 2 aromatic carbocycles. The highest BCUT2D eigenvalue weighted by molar-refractivity contribution is 6.42. The molecule has 24 heavy (non-hydrogen) atoms. The van der Waals surface area contributed by atoms with Gasteiger partial charge in [0.05, 0.1) is 11.1 Å². The number of Topliss-reactive ketones (excluding diaryl/α,β-unsaturated/α-hetero) is 1. The van der Waals surface area contributed by atoms with Gasteiger partial charge < -0.3 is 4.90 Å². The molecule has 1 unspecified atom stereocenters. The molecule has 0 spiro atoms. The lowest BCUT2D eigenvalue weighted by Crippen LogP contribution is -2.31. The number of carbonyl (C=O) groups is 1. The molecular weight excluding hydrogens is 339 g/mol. The summed E-state index contributed by atoms with van der Waals surface area (Å²) in [7, 11) is 0. The second-order valence-corrected chi connectivity index (χ2v) is 5.97. The second-order valence-electron chi connectivity index (χ2n) is 5.56. The van der Waals surface area contributed by atoms with Crippen LogP contribution in [0.2, 0.25) is 0 Å². The van der Waals surface area contributed by atoms with Crippen molar-refractivity contribution >= 4 is 17.4 Å². The van der Waals surface area contributed by atoms with Gasteiger partial charge in [0.1, 0.15) is 17.5 Å². The van der Waals surface area contributed by atoms with Crippen LogP contribution in [0.3, 0.4) is 0 Å². The molecule has 1 aliphatic rings. The van der Waals surface area contributed by atoms with Gasteiger partial charge in [-0.25, -0.2) is 13.2 Å². The Morgan fingerprint density at radius 1 is 1.08 bits per heavy atom. The Bertz CT molecular complexity index is 784. The van der Waals surface area contributed by atoms with Crippen LogP contribution in [0.5, 0.6) is 0 Å². The summed E-state index contributed by atoms with van der Waals surface area (Å²) in [5.41, 5.74) is 0.557. The molecule has 1 aliphatic heterocycles. The number of hydrogen-bond donors (Lipinski definition) is 0. The normalized spacial score (nSPS) is 17.8. The lowest BCUT2D eigenvalue weighted by Gasteiger charge is -2.34. The standard InChI is InChI=1S/C18H13ClF3NO/c19-13-10-23(9-11-4-2-1-3-5-11)16(8-17(13)24)18-14(21)6-12(20)7-15(18)22/h1-7,10,16H,8-9H2. The molecule has 2 nitrogen and oxygen atoms in total. The molecule has 2 aromatic rings. The van der Waals surface area contributed by atoms with Crippen LogP contribution >= 0.6 is 11.6 Å². The first kappa shape index (κ1) is 16.6. The maximum absolute atomic E-state index is 14.2. The zero-order chi connectivity index (χ0) is 17.3. The largest absolute Gasteiger partial charge is 0.364 e. The van der Waals surface area contributed by atoms with Crippen molar-refractivity contribution in [3.63, 3.8) is 0 Å². The number of hydrogen-bond acceptors (Lipinski definition) is 2. The molecule has 1 heterocycles. The fourth-order valence-corrected chi connectivity index (χ4v) is 2.99. The molecule has 0 saturated heterocycles. The molecule has 0 amide bonds. The number of ketones is 1. The highest BCUT2D eigenvalue weighted by atomic mass is 35.5. The van der Waals surface area contributed by atoms with Crippen LogP contribution in [0.25, 0.3) is 0 Å². The van der Waals surface area contributed by atoms with Crippen LogP contribution in [0.1, 0.15) is 23.6 Å². The summed E-state index contributed by atoms with van der Waals surface area (Å²) in [6, 6.07) is 9.57. The van der Waals surface area contributed by atoms with Gasteiger partial charge in [-0.2, -0.15) is 0 Å². The Morgan fingerprint density at radius 2 is 1.71 bits per heavy atom. The van der Waals surface area contributed by atoms with Crippen LogP contribution in [0.4, 0.5) is 13.2 Å². The van der Waals surface area contributed by atoms with Crippen molar-refractivity contribution < 1.29 is 18.0 Å². The number of halogens is 4. The molecule has 0 fully saturated rings. The molecule has 0 N–H and O–H groups in total. The summed E-state index contributed by atoms with van der Waals surface area (Å²) in [4.78, 5) is 13.5. The fraction of sp³-hybridized carbons (Fsp3) is 0.167. The van der Waals surface area contributed by atoms with Crippen LogP contribution in [0, 0.1) is 17.5 Å². The molecule has 6 heteroatoms. The Morgan fingerprint density at radius 3 is 2.33 bits per heavy atom. The first-order valence-corrected chi connectivity index (χ1v) is 7.68. The molecular formula is C18H13ClF3NO. The van der Waals surface area contributed by atoms with Crippen molar-refractivity contribution in [2.24, 2.45) is 0 Å². The van der Waals surface area contributed by atoms with Crippen LogP contribution < -0.4 is 0 Å². The quantitative estimate of drug-likeness (QED) is 0.799. The minimum Gasteiger partial charge on any atom is -0.364 e. The number of nitrogens with zero attached hydrogens (tertiary/aromatic N) is 1. The number of rotatable bonds is 3. The Balaban J connectivity index is 2.02. The minimum atomic E-state index is -1.02. The molecule has 0 aromatic heterocycles. The maximum Gasteiger partial charge on any atom is 0.178 e. The summed E-state index contributed by atoms with van der Waals surface area (Å²) in [6.07, 6.45) is 1.20. The Hall–Kier alpha value is -2.27. The topological polar surface area (TPSA) is 20.3 Å². The van der Waals surface area contributed by atoms with Gasteiger partial charge >= 0.3 is 0 Å². The van der Waals surface area contributed by atoms with Gasteiger partial charge in [0, 0.05) is 36.9 Å². The number of benzene rings is 2. The third-order valence-electron chi connectivity index (χ3n) is 3.91. The van der Waals surface area contributed by atoms with E-state index in [1.807, 2.05) is 30.3 Å². The van der Waals surface area contributed by atoms with Crippen molar-refractivity contribution in [2.45, 2.75) is 19.0 Å². The van der Waals surface area contributed by atoms with E-state index in [-0.39, 0.29) is 17.0 Å². The monoisotopic (exact) mass is 351 g/mol. The van der Waals surface area contributed by atoms with Gasteiger partial charge in [-0.15, -0.1) is 0 Å². The Kier molecular flexibility index (Phi) is 4.62. The molecule has 0 radical (unpaired) electrons. The average molecular weight is 352 g/mol. The highest BCUT2D eigenvalue weighted by Gasteiger charge is 2.32. The second kappa shape index (κ2) is 6.69. The Labute approximate surface area is 142 Å². The van der Waals surface area contributed by atoms with E-state index in [0.29, 0.717) is 18.7 Å². The van der Waals surface area contributed by atoms with Crippen molar-refractivity contribution in [2.75, 3.05) is 0 Å². The predicted octanol–water partition coefficient (Wildman–Crippen LogP) is 4.70. The van der Waals surface area contributed by atoms with Crippen molar-refractivity contribution in [3.8, 4) is 0 Å². The van der Waals surface area contributed by atoms with Gasteiger partial charge in [-0.05, 0) is 5.56 Å². The highest BCUT2D eigenvalue weighted by Crippen LogP contribution is 2.36. The summed E-state index contributed by atoms with van der Waals surface area (Å²) in [5, 5.41) is 0.00473. The van der Waals surface area contributed by atoms with Crippen LogP contribution in [-0.2, 0) is 11.3 Å². The van der Waals surface area contributed by atoms with Crippen molar-refractivity contribution in [1.29, 1.82) is 0 Å². The summed E-state index contributed by atoms with van der Waals surface area (Å²) in [5.74, 6) is -3.45. The third kappa shape index (κ3) is 3.31. The zero-order valence-corrected chi connectivity index (χ0v) is 13.2. The molecule has 0 saturated carbocycles. The van der Waals surface area contributed by atoms with E-state index >= 15 is 0 Å². The third-order valence-corrected chi connectivity index (χ3v) is 4.22. The first-order chi connectivity index (χ1) is 11.5. The minimum absolute atomic E-state index is 0.00473. The average Bonchev–Trinajstić information content (AvgIpc) is 2.52. The van der Waals surface area contributed by atoms with E-state index < -0.39 is 29.3 Å². The molecule has 0 aliphatic carbocycles. The van der Waals surface area contributed by atoms with Crippen LogP contribution in [0.15, 0.2) is 53.7 Å². The maximum atomic E-state index is 14.2. The van der Waals surface area contributed by atoms with E-state index in [1.165, 1.54) is 6.20 Å².